The van der Waals surface area contributed by atoms with Gasteiger partial charge in [-0.1, -0.05) is 23.2 Å². The van der Waals surface area contributed by atoms with Gasteiger partial charge in [0, 0.05) is 13.1 Å². The van der Waals surface area contributed by atoms with E-state index in [9.17, 15) is 0 Å². The number of aromatic nitrogens is 2. The molecule has 0 unspecified atom stereocenters. The zero-order valence-electron chi connectivity index (χ0n) is 7.55. The van der Waals surface area contributed by atoms with Crippen molar-refractivity contribution in [3.8, 4) is 5.75 Å². The topological polar surface area (TPSA) is 47.0 Å². The van der Waals surface area contributed by atoms with E-state index in [2.05, 4.69) is 15.3 Å². The lowest BCUT2D eigenvalue weighted by Crippen LogP contribution is -2.61. The fourth-order valence-electron chi connectivity index (χ4n) is 1.21. The van der Waals surface area contributed by atoms with Crippen LogP contribution >= 0.6 is 23.2 Å². The third-order valence-corrected chi connectivity index (χ3v) is 2.60. The molecule has 0 aromatic carbocycles. The highest BCUT2D eigenvalue weighted by molar-refractivity contribution is 6.35. The lowest BCUT2D eigenvalue weighted by molar-refractivity contribution is 0.0343. The van der Waals surface area contributed by atoms with E-state index in [1.54, 1.807) is 0 Å². The van der Waals surface area contributed by atoms with E-state index in [1.165, 1.54) is 6.33 Å². The Hall–Kier alpha value is -0.580. The van der Waals surface area contributed by atoms with E-state index in [0.29, 0.717) is 5.75 Å². The number of halogens is 2. The summed E-state index contributed by atoms with van der Waals surface area (Å²) < 4.78 is 5.65. The van der Waals surface area contributed by atoms with Gasteiger partial charge in [-0.2, -0.15) is 0 Å². The molecule has 0 bridgehead atoms. The average molecular weight is 234 g/mol. The van der Waals surface area contributed by atoms with Crippen LogP contribution in [0.4, 0.5) is 0 Å². The minimum atomic E-state index is -0.252. The first kappa shape index (κ1) is 9.96. The average Bonchev–Trinajstić information content (AvgIpc) is 2.09. The Balaban J connectivity index is 2.23. The van der Waals surface area contributed by atoms with E-state index in [1.807, 2.05) is 6.92 Å². The molecule has 0 aliphatic carbocycles. The smallest absolute Gasteiger partial charge is 0.194 e. The number of nitrogens with zero attached hydrogens (tertiary/aromatic N) is 2. The van der Waals surface area contributed by atoms with Gasteiger partial charge in [0.2, 0.25) is 0 Å². The quantitative estimate of drug-likeness (QED) is 0.788. The van der Waals surface area contributed by atoms with Crippen molar-refractivity contribution >= 4 is 23.2 Å². The molecule has 2 heterocycles. The van der Waals surface area contributed by atoms with Gasteiger partial charge in [-0.15, -0.1) is 0 Å². The summed E-state index contributed by atoms with van der Waals surface area (Å²) in [5, 5.41) is 3.61. The van der Waals surface area contributed by atoms with Crippen molar-refractivity contribution in [3.63, 3.8) is 0 Å². The van der Waals surface area contributed by atoms with Gasteiger partial charge in [-0.05, 0) is 6.92 Å². The van der Waals surface area contributed by atoms with Crippen LogP contribution in [-0.4, -0.2) is 28.7 Å². The molecular weight excluding hydrogens is 225 g/mol. The molecular formula is C8H9Cl2N3O. The number of ether oxygens (including phenoxy) is 1. The lowest BCUT2D eigenvalue weighted by Gasteiger charge is -2.39. The van der Waals surface area contributed by atoms with Crippen LogP contribution < -0.4 is 10.1 Å². The minimum Gasteiger partial charge on any atom is -0.478 e. The van der Waals surface area contributed by atoms with E-state index in [0.717, 1.165) is 13.1 Å². The monoisotopic (exact) mass is 233 g/mol. The molecule has 1 aliphatic heterocycles. The van der Waals surface area contributed by atoms with Crippen LogP contribution in [-0.2, 0) is 0 Å². The Morgan fingerprint density at radius 2 is 1.93 bits per heavy atom. The zero-order valence-corrected chi connectivity index (χ0v) is 9.06. The molecule has 0 spiro atoms. The van der Waals surface area contributed by atoms with Crippen LogP contribution in [0.2, 0.25) is 10.3 Å². The summed E-state index contributed by atoms with van der Waals surface area (Å²) >= 11 is 11.7. The van der Waals surface area contributed by atoms with Crippen molar-refractivity contribution in [2.45, 2.75) is 12.5 Å². The van der Waals surface area contributed by atoms with Crippen LogP contribution in [0.5, 0.6) is 5.75 Å². The van der Waals surface area contributed by atoms with E-state index >= 15 is 0 Å². The summed E-state index contributed by atoms with van der Waals surface area (Å²) in [5.74, 6) is 0.361. The number of rotatable bonds is 2. The third-order valence-electron chi connectivity index (χ3n) is 2.06. The fourth-order valence-corrected chi connectivity index (χ4v) is 1.60. The van der Waals surface area contributed by atoms with Crippen LogP contribution in [0.25, 0.3) is 0 Å². The Labute approximate surface area is 91.6 Å². The lowest BCUT2D eigenvalue weighted by atomic mass is 10.0. The molecule has 4 nitrogen and oxygen atoms in total. The molecule has 76 valence electrons. The maximum atomic E-state index is 5.84. The fraction of sp³-hybridized carbons (Fsp3) is 0.500. The highest BCUT2D eigenvalue weighted by Crippen LogP contribution is 2.32. The summed E-state index contributed by atoms with van der Waals surface area (Å²) in [6, 6.07) is 0. The number of nitrogens with one attached hydrogen (secondary N) is 1. The highest BCUT2D eigenvalue weighted by atomic mass is 35.5. The van der Waals surface area contributed by atoms with Crippen molar-refractivity contribution < 1.29 is 4.74 Å². The molecule has 0 saturated carbocycles. The predicted octanol–water partition coefficient (Wildman–Crippen LogP) is 1.52. The molecule has 0 amide bonds. The maximum absolute atomic E-state index is 5.84. The van der Waals surface area contributed by atoms with Gasteiger partial charge in [0.05, 0.1) is 0 Å². The standard InChI is InChI=1S/C8H9Cl2N3O/c1-8(2-11-3-8)14-5-6(9)12-4-13-7(5)10/h4,11H,2-3H2,1H3. The first-order valence-corrected chi connectivity index (χ1v) is 4.92. The van der Waals surface area contributed by atoms with Gasteiger partial charge in [0.25, 0.3) is 0 Å². The van der Waals surface area contributed by atoms with Crippen LogP contribution in [0.15, 0.2) is 6.33 Å². The van der Waals surface area contributed by atoms with Gasteiger partial charge < -0.3 is 10.1 Å². The molecule has 1 fully saturated rings. The molecule has 0 radical (unpaired) electrons. The molecule has 2 rings (SSSR count). The largest absolute Gasteiger partial charge is 0.478 e. The van der Waals surface area contributed by atoms with Gasteiger partial charge in [-0.25, -0.2) is 9.97 Å². The van der Waals surface area contributed by atoms with E-state index < -0.39 is 0 Å². The Morgan fingerprint density at radius 1 is 1.36 bits per heavy atom. The van der Waals surface area contributed by atoms with Crippen LogP contribution in [0.1, 0.15) is 6.92 Å². The van der Waals surface area contributed by atoms with Crippen molar-refractivity contribution in [1.82, 2.24) is 15.3 Å². The molecule has 1 saturated heterocycles. The molecule has 0 atom stereocenters. The summed E-state index contributed by atoms with van der Waals surface area (Å²) in [6.07, 6.45) is 1.30. The molecule has 1 aromatic rings. The summed E-state index contributed by atoms with van der Waals surface area (Å²) in [5.41, 5.74) is -0.252. The van der Waals surface area contributed by atoms with Crippen molar-refractivity contribution in [3.05, 3.63) is 16.6 Å². The van der Waals surface area contributed by atoms with Crippen molar-refractivity contribution in [1.29, 1.82) is 0 Å². The first-order valence-electron chi connectivity index (χ1n) is 4.16. The maximum Gasteiger partial charge on any atom is 0.194 e. The molecule has 1 N–H and O–H groups in total. The van der Waals surface area contributed by atoms with Gasteiger partial charge in [-0.3, -0.25) is 0 Å². The Morgan fingerprint density at radius 3 is 2.36 bits per heavy atom. The second-order valence-corrected chi connectivity index (χ2v) is 4.16. The minimum absolute atomic E-state index is 0.248. The van der Waals surface area contributed by atoms with Crippen molar-refractivity contribution in [2.24, 2.45) is 0 Å². The third kappa shape index (κ3) is 1.78. The number of hydrogen-bond donors (Lipinski definition) is 1. The zero-order chi connectivity index (χ0) is 10.2. The van der Waals surface area contributed by atoms with Gasteiger partial charge >= 0.3 is 0 Å². The summed E-state index contributed by atoms with van der Waals surface area (Å²) in [7, 11) is 0. The first-order chi connectivity index (χ1) is 6.61. The highest BCUT2D eigenvalue weighted by Gasteiger charge is 2.35. The SMILES string of the molecule is CC1(Oc2c(Cl)ncnc2Cl)CNC1. The number of hydrogen-bond acceptors (Lipinski definition) is 4. The van der Waals surface area contributed by atoms with Gasteiger partial charge in [0.1, 0.15) is 11.9 Å². The molecule has 6 heteroatoms. The summed E-state index contributed by atoms with van der Waals surface area (Å²) in [6.45, 7) is 3.52. The van der Waals surface area contributed by atoms with E-state index in [4.69, 9.17) is 27.9 Å². The van der Waals surface area contributed by atoms with Gasteiger partial charge in [0.15, 0.2) is 16.1 Å². The Kier molecular flexibility index (Phi) is 2.51. The summed E-state index contributed by atoms with van der Waals surface area (Å²) in [4.78, 5) is 7.61. The van der Waals surface area contributed by atoms with E-state index in [-0.39, 0.29) is 15.9 Å². The second-order valence-electron chi connectivity index (χ2n) is 3.44. The van der Waals surface area contributed by atoms with Crippen molar-refractivity contribution in [2.75, 3.05) is 13.1 Å². The molecule has 1 aliphatic rings. The molecule has 14 heavy (non-hydrogen) atoms. The van der Waals surface area contributed by atoms with Crippen LogP contribution in [0.3, 0.4) is 0 Å². The predicted molar refractivity (Wildman–Crippen MR) is 54.0 cm³/mol. The second kappa shape index (κ2) is 3.53. The molecule has 1 aromatic heterocycles. The Bertz CT molecular complexity index is 334. The van der Waals surface area contributed by atoms with Crippen LogP contribution in [0, 0.1) is 0 Å². The normalized spacial score (nSPS) is 18.8.